The van der Waals surface area contributed by atoms with Crippen molar-refractivity contribution in [1.82, 2.24) is 5.32 Å². The van der Waals surface area contributed by atoms with Crippen LogP contribution in [0.1, 0.15) is 0 Å². The predicted molar refractivity (Wildman–Crippen MR) is 75.7 cm³/mol. The molecule has 0 radical (unpaired) electrons. The lowest BCUT2D eigenvalue weighted by Gasteiger charge is -2.30. The zero-order chi connectivity index (χ0) is 13.2. The summed E-state index contributed by atoms with van der Waals surface area (Å²) >= 11 is 0. The van der Waals surface area contributed by atoms with E-state index < -0.39 is 0 Å². The quantitative estimate of drug-likeness (QED) is 0.661. The first-order chi connectivity index (χ1) is 9.27. The average Bonchev–Trinajstić information content (AvgIpc) is 2.46. The fourth-order valence-electron chi connectivity index (χ4n) is 2.61. The molecular weight excluding hydrogens is 242 g/mol. The van der Waals surface area contributed by atoms with Crippen molar-refractivity contribution in [3.05, 3.63) is 46.5 Å². The molecule has 1 saturated heterocycles. The molecule has 0 spiro atoms. The van der Waals surface area contributed by atoms with Crippen molar-refractivity contribution < 1.29 is 4.92 Å². The molecule has 1 aliphatic heterocycles. The van der Waals surface area contributed by atoms with Crippen LogP contribution in [0, 0.1) is 10.1 Å². The van der Waals surface area contributed by atoms with Crippen LogP contribution in [0.3, 0.4) is 0 Å². The normalized spacial score (nSPS) is 15.7. The number of nitro groups is 1. The van der Waals surface area contributed by atoms with Crippen LogP contribution >= 0.6 is 0 Å². The molecule has 5 nitrogen and oxygen atoms in total. The third-order valence-electron chi connectivity index (χ3n) is 3.51. The molecule has 1 fully saturated rings. The van der Waals surface area contributed by atoms with E-state index in [2.05, 4.69) is 10.2 Å². The number of nitro benzene ring substituents is 1. The second-order valence-corrected chi connectivity index (χ2v) is 4.65. The van der Waals surface area contributed by atoms with Gasteiger partial charge in [-0.1, -0.05) is 24.3 Å². The first kappa shape index (κ1) is 11.9. The highest BCUT2D eigenvalue weighted by molar-refractivity contribution is 5.98. The fraction of sp³-hybridized carbons (Fsp3) is 0.286. The number of fused-ring (bicyclic) bond motifs is 1. The molecular formula is C14H15N3O2. The van der Waals surface area contributed by atoms with Crippen molar-refractivity contribution in [2.75, 3.05) is 31.1 Å². The van der Waals surface area contributed by atoms with Gasteiger partial charge < -0.3 is 10.2 Å². The van der Waals surface area contributed by atoms with Crippen molar-refractivity contribution in [2.24, 2.45) is 0 Å². The van der Waals surface area contributed by atoms with Crippen LogP contribution in [0.25, 0.3) is 10.8 Å². The predicted octanol–water partition coefficient (Wildman–Crippen LogP) is 2.16. The van der Waals surface area contributed by atoms with Crippen LogP contribution < -0.4 is 10.2 Å². The minimum Gasteiger partial charge on any atom is -0.363 e. The largest absolute Gasteiger partial charge is 0.363 e. The molecule has 1 aliphatic rings. The smallest absolute Gasteiger partial charge is 0.293 e. The summed E-state index contributed by atoms with van der Waals surface area (Å²) in [5, 5.41) is 16.5. The molecule has 1 N–H and O–H groups in total. The first-order valence-corrected chi connectivity index (χ1v) is 6.39. The SMILES string of the molecule is O=[N+]([O-])c1ccc2ccccc2c1N1CCNCC1. The van der Waals surface area contributed by atoms with Crippen LogP contribution in [0.15, 0.2) is 36.4 Å². The van der Waals surface area contributed by atoms with Crippen LogP contribution in [0.4, 0.5) is 11.4 Å². The Labute approximate surface area is 111 Å². The summed E-state index contributed by atoms with van der Waals surface area (Å²) in [7, 11) is 0. The molecule has 0 amide bonds. The Bertz CT molecular complexity index is 621. The summed E-state index contributed by atoms with van der Waals surface area (Å²) in [6.45, 7) is 3.32. The molecule has 0 unspecified atom stereocenters. The summed E-state index contributed by atoms with van der Waals surface area (Å²) in [6, 6.07) is 11.3. The Kier molecular flexibility index (Phi) is 3.05. The number of hydrogen-bond acceptors (Lipinski definition) is 4. The second kappa shape index (κ2) is 4.85. The van der Waals surface area contributed by atoms with Gasteiger partial charge in [-0.2, -0.15) is 0 Å². The number of piperazine rings is 1. The fourth-order valence-corrected chi connectivity index (χ4v) is 2.61. The Morgan fingerprint density at radius 2 is 1.84 bits per heavy atom. The van der Waals surface area contributed by atoms with Gasteiger partial charge in [-0.3, -0.25) is 10.1 Å². The van der Waals surface area contributed by atoms with Crippen LogP contribution in [-0.4, -0.2) is 31.1 Å². The summed E-state index contributed by atoms with van der Waals surface area (Å²) in [6.07, 6.45) is 0. The Morgan fingerprint density at radius 3 is 2.58 bits per heavy atom. The van der Waals surface area contributed by atoms with E-state index in [4.69, 9.17) is 0 Å². The highest BCUT2D eigenvalue weighted by atomic mass is 16.6. The zero-order valence-corrected chi connectivity index (χ0v) is 10.5. The number of hydrogen-bond donors (Lipinski definition) is 1. The first-order valence-electron chi connectivity index (χ1n) is 6.39. The van der Waals surface area contributed by atoms with Gasteiger partial charge in [0, 0.05) is 37.6 Å². The Hall–Kier alpha value is -2.14. The van der Waals surface area contributed by atoms with Gasteiger partial charge in [0.25, 0.3) is 5.69 Å². The van der Waals surface area contributed by atoms with Crippen LogP contribution in [-0.2, 0) is 0 Å². The van der Waals surface area contributed by atoms with Crippen LogP contribution in [0.5, 0.6) is 0 Å². The molecule has 2 aromatic rings. The van der Waals surface area contributed by atoms with E-state index in [-0.39, 0.29) is 10.6 Å². The lowest BCUT2D eigenvalue weighted by Crippen LogP contribution is -2.43. The lowest BCUT2D eigenvalue weighted by molar-refractivity contribution is -0.384. The number of nitrogens with one attached hydrogen (secondary N) is 1. The Morgan fingerprint density at radius 1 is 1.11 bits per heavy atom. The summed E-state index contributed by atoms with van der Waals surface area (Å²) in [5.41, 5.74) is 0.949. The molecule has 3 rings (SSSR count). The van der Waals surface area contributed by atoms with E-state index in [0.29, 0.717) is 0 Å². The molecule has 0 saturated carbocycles. The highest BCUT2D eigenvalue weighted by Gasteiger charge is 2.23. The van der Waals surface area contributed by atoms with Gasteiger partial charge in [0.1, 0.15) is 5.69 Å². The van der Waals surface area contributed by atoms with E-state index in [0.717, 1.165) is 42.6 Å². The molecule has 1 heterocycles. The number of rotatable bonds is 2. The van der Waals surface area contributed by atoms with Crippen molar-refractivity contribution >= 4 is 22.1 Å². The second-order valence-electron chi connectivity index (χ2n) is 4.65. The van der Waals surface area contributed by atoms with E-state index >= 15 is 0 Å². The van der Waals surface area contributed by atoms with E-state index in [1.54, 1.807) is 6.07 Å². The molecule has 0 atom stereocenters. The monoisotopic (exact) mass is 257 g/mol. The van der Waals surface area contributed by atoms with E-state index in [1.165, 1.54) is 0 Å². The summed E-state index contributed by atoms with van der Waals surface area (Å²) in [4.78, 5) is 13.1. The summed E-state index contributed by atoms with van der Waals surface area (Å²) in [5.74, 6) is 0. The van der Waals surface area contributed by atoms with Crippen molar-refractivity contribution in [2.45, 2.75) is 0 Å². The van der Waals surface area contributed by atoms with Gasteiger partial charge >= 0.3 is 0 Å². The average molecular weight is 257 g/mol. The Balaban J connectivity index is 2.21. The van der Waals surface area contributed by atoms with Gasteiger partial charge in [-0.05, 0) is 11.5 Å². The third-order valence-corrected chi connectivity index (χ3v) is 3.51. The van der Waals surface area contributed by atoms with E-state index in [1.807, 2.05) is 30.3 Å². The molecule has 98 valence electrons. The van der Waals surface area contributed by atoms with Crippen molar-refractivity contribution in [3.8, 4) is 0 Å². The molecule has 2 aromatic carbocycles. The van der Waals surface area contributed by atoms with E-state index in [9.17, 15) is 10.1 Å². The maximum atomic E-state index is 11.3. The van der Waals surface area contributed by atoms with Gasteiger partial charge in [0.15, 0.2) is 0 Å². The highest BCUT2D eigenvalue weighted by Crippen LogP contribution is 2.36. The zero-order valence-electron chi connectivity index (χ0n) is 10.5. The van der Waals surface area contributed by atoms with Crippen LogP contribution in [0.2, 0.25) is 0 Å². The summed E-state index contributed by atoms with van der Waals surface area (Å²) < 4.78 is 0. The minimum absolute atomic E-state index is 0.195. The standard InChI is InChI=1S/C14H15N3O2/c18-17(19)13-6-5-11-3-1-2-4-12(11)14(13)16-9-7-15-8-10-16/h1-6,15H,7-10H2. The molecule has 0 aromatic heterocycles. The van der Waals surface area contributed by atoms with Gasteiger partial charge in [-0.25, -0.2) is 0 Å². The minimum atomic E-state index is -0.288. The molecule has 19 heavy (non-hydrogen) atoms. The van der Waals surface area contributed by atoms with Crippen molar-refractivity contribution in [3.63, 3.8) is 0 Å². The van der Waals surface area contributed by atoms with Gasteiger partial charge in [0.2, 0.25) is 0 Å². The number of anilines is 1. The van der Waals surface area contributed by atoms with Crippen molar-refractivity contribution in [1.29, 1.82) is 0 Å². The van der Waals surface area contributed by atoms with Gasteiger partial charge in [0.05, 0.1) is 4.92 Å². The third kappa shape index (κ3) is 2.13. The van der Waals surface area contributed by atoms with Gasteiger partial charge in [-0.15, -0.1) is 0 Å². The molecule has 0 bridgehead atoms. The molecule has 5 heteroatoms. The maximum absolute atomic E-state index is 11.3. The lowest BCUT2D eigenvalue weighted by atomic mass is 10.1. The topological polar surface area (TPSA) is 58.4 Å². The number of nitrogens with zero attached hydrogens (tertiary/aromatic N) is 2. The maximum Gasteiger partial charge on any atom is 0.293 e. The molecule has 0 aliphatic carbocycles. The number of benzene rings is 2.